The van der Waals surface area contributed by atoms with Gasteiger partial charge in [-0.1, -0.05) is 0 Å². The number of benzene rings is 1. The van der Waals surface area contributed by atoms with Gasteiger partial charge >= 0.3 is 0 Å². The quantitative estimate of drug-likeness (QED) is 0.690. The molecule has 0 radical (unpaired) electrons. The van der Waals surface area contributed by atoms with Crippen LogP contribution in [-0.4, -0.2) is 45.9 Å². The smallest absolute Gasteiger partial charge is 0.251 e. The molecule has 3 fully saturated rings. The summed E-state index contributed by atoms with van der Waals surface area (Å²) in [5.41, 5.74) is 6.49. The summed E-state index contributed by atoms with van der Waals surface area (Å²) in [7, 11) is -3.32. The largest absolute Gasteiger partial charge is 0.373 e. The Hall–Kier alpha value is -1.64. The van der Waals surface area contributed by atoms with Gasteiger partial charge in [-0.15, -0.1) is 0 Å². The van der Waals surface area contributed by atoms with E-state index in [0.29, 0.717) is 30.9 Å². The minimum Gasteiger partial charge on any atom is -0.373 e. The highest BCUT2D eigenvalue weighted by Crippen LogP contribution is 2.56. The van der Waals surface area contributed by atoms with Crippen LogP contribution < -0.4 is 15.8 Å². The summed E-state index contributed by atoms with van der Waals surface area (Å²) in [5, 5.41) is 2.93. The van der Waals surface area contributed by atoms with E-state index in [-0.39, 0.29) is 16.9 Å². The van der Waals surface area contributed by atoms with E-state index >= 15 is 0 Å². The van der Waals surface area contributed by atoms with E-state index in [0.717, 1.165) is 19.1 Å². The first-order valence-corrected chi connectivity index (χ1v) is 9.34. The normalized spacial score (nSPS) is 29.0. The molecule has 126 valence electrons. The lowest BCUT2D eigenvalue weighted by Gasteiger charge is -2.43. The molecular formula is C15H21N3O4S. The van der Waals surface area contributed by atoms with Crippen molar-refractivity contribution in [2.45, 2.75) is 18.4 Å². The van der Waals surface area contributed by atoms with Gasteiger partial charge in [0.05, 0.1) is 18.5 Å². The van der Waals surface area contributed by atoms with Gasteiger partial charge < -0.3 is 15.8 Å². The summed E-state index contributed by atoms with van der Waals surface area (Å²) < 4.78 is 30.4. The molecule has 0 aromatic heterocycles. The van der Waals surface area contributed by atoms with Gasteiger partial charge in [-0.3, -0.25) is 9.52 Å². The van der Waals surface area contributed by atoms with E-state index in [1.807, 2.05) is 0 Å². The Kier molecular flexibility index (Phi) is 3.86. The van der Waals surface area contributed by atoms with Crippen LogP contribution in [0.1, 0.15) is 23.2 Å². The average molecular weight is 339 g/mol. The van der Waals surface area contributed by atoms with Gasteiger partial charge in [0.1, 0.15) is 0 Å². The molecule has 1 aromatic rings. The predicted octanol–water partition coefficient (Wildman–Crippen LogP) is 0.296. The zero-order valence-electron chi connectivity index (χ0n) is 13.0. The van der Waals surface area contributed by atoms with Crippen LogP contribution in [0.4, 0.5) is 5.69 Å². The second-order valence-corrected chi connectivity index (χ2v) is 8.41. The van der Waals surface area contributed by atoms with Gasteiger partial charge in [0.15, 0.2) is 0 Å². The third-order valence-electron chi connectivity index (χ3n) is 4.53. The van der Waals surface area contributed by atoms with E-state index in [9.17, 15) is 13.2 Å². The summed E-state index contributed by atoms with van der Waals surface area (Å²) in [5.74, 6) is -0.178. The zero-order valence-corrected chi connectivity index (χ0v) is 13.8. The van der Waals surface area contributed by atoms with Crippen LogP contribution >= 0.6 is 0 Å². The molecular weight excluding hydrogens is 318 g/mol. The Bertz CT molecular complexity index is 709. The van der Waals surface area contributed by atoms with Gasteiger partial charge in [-0.25, -0.2) is 8.42 Å². The molecule has 1 aliphatic carbocycles. The first-order chi connectivity index (χ1) is 10.7. The predicted molar refractivity (Wildman–Crippen MR) is 86.6 cm³/mol. The Morgan fingerprint density at radius 1 is 1.30 bits per heavy atom. The molecule has 23 heavy (non-hydrogen) atoms. The molecule has 0 atom stereocenters. The van der Waals surface area contributed by atoms with Crippen molar-refractivity contribution in [3.63, 3.8) is 0 Å². The molecule has 0 unspecified atom stereocenters. The first-order valence-electron chi connectivity index (χ1n) is 7.45. The Morgan fingerprint density at radius 3 is 2.48 bits per heavy atom. The van der Waals surface area contributed by atoms with Crippen molar-refractivity contribution in [2.75, 3.05) is 30.7 Å². The van der Waals surface area contributed by atoms with Crippen molar-refractivity contribution in [3.8, 4) is 0 Å². The van der Waals surface area contributed by atoms with E-state index in [4.69, 9.17) is 10.5 Å². The SMILES string of the molecule is CS(=O)(=O)Nc1ccc(C(=O)NCC23COC(CN)(C2)C3)cc1. The Labute approximate surface area is 135 Å². The molecule has 2 aliphatic heterocycles. The molecule has 7 nitrogen and oxygen atoms in total. The fraction of sp³-hybridized carbons (Fsp3) is 0.533. The van der Waals surface area contributed by atoms with Gasteiger partial charge in [-0.05, 0) is 37.1 Å². The van der Waals surface area contributed by atoms with Crippen molar-refractivity contribution < 1.29 is 17.9 Å². The third kappa shape index (κ3) is 3.34. The van der Waals surface area contributed by atoms with Crippen LogP contribution in [0.25, 0.3) is 0 Å². The molecule has 4 N–H and O–H groups in total. The number of sulfonamides is 1. The average Bonchev–Trinajstić information content (AvgIpc) is 3.00. The number of carbonyl (C=O) groups excluding carboxylic acids is 1. The standard InChI is InChI=1S/C15H21N3O4S/c1-23(20,21)18-12-4-2-11(3-5-12)13(19)17-9-14-6-15(7-14,8-16)22-10-14/h2-5,18H,6-10,16H2,1H3,(H,17,19). The number of rotatable bonds is 6. The molecule has 2 heterocycles. The van der Waals surface area contributed by atoms with Crippen molar-refractivity contribution in [1.82, 2.24) is 5.32 Å². The molecule has 4 rings (SSSR count). The van der Waals surface area contributed by atoms with Gasteiger partial charge in [-0.2, -0.15) is 0 Å². The summed E-state index contributed by atoms with van der Waals surface area (Å²) in [6.45, 7) is 1.73. The van der Waals surface area contributed by atoms with Crippen molar-refractivity contribution in [3.05, 3.63) is 29.8 Å². The first kappa shape index (κ1) is 16.2. The number of amides is 1. The lowest BCUT2D eigenvalue weighted by atomic mass is 9.62. The van der Waals surface area contributed by atoms with Crippen LogP contribution in [0, 0.1) is 5.41 Å². The molecule has 1 amide bonds. The third-order valence-corrected chi connectivity index (χ3v) is 5.13. The number of nitrogens with two attached hydrogens (primary N) is 1. The molecule has 2 bridgehead atoms. The number of nitrogens with one attached hydrogen (secondary N) is 2. The van der Waals surface area contributed by atoms with Crippen LogP contribution in [0.15, 0.2) is 24.3 Å². The van der Waals surface area contributed by atoms with Crippen LogP contribution in [0.2, 0.25) is 0 Å². The fourth-order valence-corrected chi connectivity index (χ4v) is 4.04. The summed E-state index contributed by atoms with van der Waals surface area (Å²) >= 11 is 0. The maximum atomic E-state index is 12.2. The number of fused-ring (bicyclic) bond motifs is 1. The maximum absolute atomic E-state index is 12.2. The Morgan fingerprint density at radius 2 is 1.96 bits per heavy atom. The van der Waals surface area contributed by atoms with Crippen LogP contribution in [0.3, 0.4) is 0 Å². The lowest BCUT2D eigenvalue weighted by molar-refractivity contribution is -0.00576. The lowest BCUT2D eigenvalue weighted by Crippen LogP contribution is -2.53. The number of hydrogen-bond donors (Lipinski definition) is 3. The molecule has 1 saturated carbocycles. The van der Waals surface area contributed by atoms with Crippen molar-refractivity contribution in [2.24, 2.45) is 11.1 Å². The molecule has 0 spiro atoms. The highest BCUT2D eigenvalue weighted by Gasteiger charge is 2.61. The van der Waals surface area contributed by atoms with Crippen LogP contribution in [-0.2, 0) is 14.8 Å². The van der Waals surface area contributed by atoms with Gasteiger partial charge in [0.25, 0.3) is 5.91 Å². The summed E-state index contributed by atoms with van der Waals surface area (Å²) in [6, 6.07) is 6.32. The number of carbonyl (C=O) groups is 1. The van der Waals surface area contributed by atoms with E-state index < -0.39 is 10.0 Å². The van der Waals surface area contributed by atoms with Crippen LogP contribution in [0.5, 0.6) is 0 Å². The fourth-order valence-electron chi connectivity index (χ4n) is 3.48. The zero-order chi connectivity index (χ0) is 16.7. The number of hydrogen-bond acceptors (Lipinski definition) is 5. The van der Waals surface area contributed by atoms with E-state index in [1.54, 1.807) is 24.3 Å². The molecule has 1 aromatic carbocycles. The summed E-state index contributed by atoms with van der Waals surface area (Å²) in [6.07, 6.45) is 2.87. The van der Waals surface area contributed by atoms with Gasteiger partial charge in [0, 0.05) is 29.8 Å². The highest BCUT2D eigenvalue weighted by molar-refractivity contribution is 7.92. The van der Waals surface area contributed by atoms with Gasteiger partial charge in [0.2, 0.25) is 10.0 Å². The topological polar surface area (TPSA) is 111 Å². The minimum atomic E-state index is -3.32. The molecule has 8 heteroatoms. The second-order valence-electron chi connectivity index (χ2n) is 6.66. The number of ether oxygens (including phenoxy) is 1. The molecule has 3 aliphatic rings. The Balaban J connectivity index is 1.55. The molecule has 2 saturated heterocycles. The van der Waals surface area contributed by atoms with E-state index in [2.05, 4.69) is 10.0 Å². The number of anilines is 1. The second kappa shape index (κ2) is 5.47. The summed E-state index contributed by atoms with van der Waals surface area (Å²) in [4.78, 5) is 12.2. The monoisotopic (exact) mass is 339 g/mol. The maximum Gasteiger partial charge on any atom is 0.251 e. The van der Waals surface area contributed by atoms with E-state index in [1.165, 1.54) is 0 Å². The van der Waals surface area contributed by atoms with Crippen molar-refractivity contribution >= 4 is 21.6 Å². The minimum absolute atomic E-state index is 0.0207. The highest BCUT2D eigenvalue weighted by atomic mass is 32.2. The van der Waals surface area contributed by atoms with Crippen molar-refractivity contribution in [1.29, 1.82) is 0 Å².